The summed E-state index contributed by atoms with van der Waals surface area (Å²) in [6.07, 6.45) is 1.64. The smallest absolute Gasteiger partial charge is 0.227 e. The molecule has 0 radical (unpaired) electrons. The predicted octanol–water partition coefficient (Wildman–Crippen LogP) is 1.53. The van der Waals surface area contributed by atoms with Crippen molar-refractivity contribution in [2.24, 2.45) is 0 Å². The number of likely N-dealkylation sites (tertiary alicyclic amines) is 1. The maximum atomic E-state index is 11.9. The highest BCUT2D eigenvalue weighted by molar-refractivity contribution is 7.10. The third-order valence-electron chi connectivity index (χ3n) is 2.85. The first-order valence-electron chi connectivity index (χ1n) is 5.27. The fourth-order valence-corrected chi connectivity index (χ4v) is 2.59. The SMILES string of the molecule is CNC1CCN(C(=O)Cc2cccs2)C1.Cl. The van der Waals surface area contributed by atoms with Crippen LogP contribution < -0.4 is 5.32 Å². The van der Waals surface area contributed by atoms with Gasteiger partial charge in [0.15, 0.2) is 0 Å². The van der Waals surface area contributed by atoms with Crippen molar-refractivity contribution in [3.05, 3.63) is 22.4 Å². The van der Waals surface area contributed by atoms with Gasteiger partial charge in [-0.25, -0.2) is 0 Å². The van der Waals surface area contributed by atoms with E-state index in [4.69, 9.17) is 0 Å². The van der Waals surface area contributed by atoms with Crippen LogP contribution in [0.25, 0.3) is 0 Å². The number of hydrogen-bond acceptors (Lipinski definition) is 3. The molecule has 1 amide bonds. The van der Waals surface area contributed by atoms with Gasteiger partial charge in [0.1, 0.15) is 0 Å². The van der Waals surface area contributed by atoms with E-state index in [1.807, 2.05) is 29.5 Å². The highest BCUT2D eigenvalue weighted by atomic mass is 35.5. The Hall–Kier alpha value is -0.580. The second kappa shape index (κ2) is 6.23. The molecule has 90 valence electrons. The number of rotatable bonds is 3. The Morgan fingerprint density at radius 2 is 2.50 bits per heavy atom. The summed E-state index contributed by atoms with van der Waals surface area (Å²) in [5, 5.41) is 5.23. The van der Waals surface area contributed by atoms with Crippen LogP contribution in [0.15, 0.2) is 17.5 Å². The van der Waals surface area contributed by atoms with Gasteiger partial charge in [0.2, 0.25) is 5.91 Å². The van der Waals surface area contributed by atoms with Crippen LogP contribution in [0.5, 0.6) is 0 Å². The van der Waals surface area contributed by atoms with E-state index in [0.29, 0.717) is 12.5 Å². The number of likely N-dealkylation sites (N-methyl/N-ethyl adjacent to an activating group) is 1. The maximum absolute atomic E-state index is 11.9. The first kappa shape index (κ1) is 13.5. The van der Waals surface area contributed by atoms with Gasteiger partial charge in [-0.15, -0.1) is 23.7 Å². The molecule has 0 aliphatic carbocycles. The van der Waals surface area contributed by atoms with Crippen LogP contribution in [0, 0.1) is 0 Å². The molecule has 1 aliphatic rings. The average Bonchev–Trinajstić information content (AvgIpc) is 2.86. The topological polar surface area (TPSA) is 32.3 Å². The normalized spacial score (nSPS) is 19.6. The third-order valence-corrected chi connectivity index (χ3v) is 3.73. The first-order valence-corrected chi connectivity index (χ1v) is 6.15. The molecule has 1 atom stereocenters. The molecule has 0 aromatic carbocycles. The van der Waals surface area contributed by atoms with Crippen molar-refractivity contribution in [1.82, 2.24) is 10.2 Å². The van der Waals surface area contributed by atoms with Gasteiger partial charge >= 0.3 is 0 Å². The van der Waals surface area contributed by atoms with Gasteiger partial charge in [0.05, 0.1) is 6.42 Å². The van der Waals surface area contributed by atoms with Crippen LogP contribution in [-0.4, -0.2) is 37.0 Å². The molecule has 2 heterocycles. The lowest BCUT2D eigenvalue weighted by Gasteiger charge is -2.15. The molecule has 1 aromatic rings. The van der Waals surface area contributed by atoms with Crippen LogP contribution >= 0.6 is 23.7 Å². The molecule has 1 saturated heterocycles. The Bertz CT molecular complexity index is 329. The molecule has 16 heavy (non-hydrogen) atoms. The lowest BCUT2D eigenvalue weighted by atomic mass is 10.3. The molecule has 0 saturated carbocycles. The van der Waals surface area contributed by atoms with E-state index in [1.54, 1.807) is 11.3 Å². The predicted molar refractivity (Wildman–Crippen MR) is 69.3 cm³/mol. The number of carbonyl (C=O) groups is 1. The lowest BCUT2D eigenvalue weighted by molar-refractivity contribution is -0.129. The van der Waals surface area contributed by atoms with E-state index >= 15 is 0 Å². The quantitative estimate of drug-likeness (QED) is 0.894. The van der Waals surface area contributed by atoms with Crippen LogP contribution in [0.1, 0.15) is 11.3 Å². The van der Waals surface area contributed by atoms with E-state index < -0.39 is 0 Å². The summed E-state index contributed by atoms with van der Waals surface area (Å²) in [4.78, 5) is 15.0. The van der Waals surface area contributed by atoms with Gasteiger partial charge < -0.3 is 10.2 Å². The maximum Gasteiger partial charge on any atom is 0.227 e. The van der Waals surface area contributed by atoms with Gasteiger partial charge in [0, 0.05) is 24.0 Å². The van der Waals surface area contributed by atoms with Gasteiger partial charge in [-0.3, -0.25) is 4.79 Å². The second-order valence-corrected chi connectivity index (χ2v) is 4.90. The van der Waals surface area contributed by atoms with E-state index in [-0.39, 0.29) is 18.3 Å². The van der Waals surface area contributed by atoms with Gasteiger partial charge in [0.25, 0.3) is 0 Å². The Morgan fingerprint density at radius 1 is 1.69 bits per heavy atom. The fraction of sp³-hybridized carbons (Fsp3) is 0.545. The Kier molecular flexibility index (Phi) is 5.25. The van der Waals surface area contributed by atoms with E-state index in [0.717, 1.165) is 24.4 Å². The molecule has 1 aliphatic heterocycles. The van der Waals surface area contributed by atoms with Crippen molar-refractivity contribution in [3.63, 3.8) is 0 Å². The molecule has 1 aromatic heterocycles. The van der Waals surface area contributed by atoms with Crippen LogP contribution in [-0.2, 0) is 11.2 Å². The van der Waals surface area contributed by atoms with Crippen molar-refractivity contribution in [3.8, 4) is 0 Å². The minimum Gasteiger partial charge on any atom is -0.341 e. The Balaban J connectivity index is 0.00000128. The number of carbonyl (C=O) groups excluding carboxylic acids is 1. The fourth-order valence-electron chi connectivity index (χ4n) is 1.90. The zero-order chi connectivity index (χ0) is 10.7. The molecule has 5 heteroatoms. The summed E-state index contributed by atoms with van der Waals surface area (Å²) < 4.78 is 0. The number of nitrogens with zero attached hydrogens (tertiary/aromatic N) is 1. The summed E-state index contributed by atoms with van der Waals surface area (Å²) in [5.74, 6) is 0.259. The van der Waals surface area contributed by atoms with E-state index in [9.17, 15) is 4.79 Å². The summed E-state index contributed by atoms with van der Waals surface area (Å²) in [5.41, 5.74) is 0. The van der Waals surface area contributed by atoms with Gasteiger partial charge in [-0.2, -0.15) is 0 Å². The summed E-state index contributed by atoms with van der Waals surface area (Å²) in [6, 6.07) is 4.50. The van der Waals surface area contributed by atoms with E-state index in [1.165, 1.54) is 0 Å². The number of amides is 1. The molecule has 1 fully saturated rings. The molecule has 0 spiro atoms. The highest BCUT2D eigenvalue weighted by Gasteiger charge is 2.24. The van der Waals surface area contributed by atoms with Crippen LogP contribution in [0.4, 0.5) is 0 Å². The minimum atomic E-state index is 0. The highest BCUT2D eigenvalue weighted by Crippen LogP contribution is 2.14. The largest absolute Gasteiger partial charge is 0.341 e. The standard InChI is InChI=1S/C11H16N2OS.ClH/c1-12-9-4-5-13(8-9)11(14)7-10-3-2-6-15-10;/h2-3,6,9,12H,4-5,7-8H2,1H3;1H. The van der Waals surface area contributed by atoms with Gasteiger partial charge in [-0.1, -0.05) is 6.07 Å². The third kappa shape index (κ3) is 3.20. The second-order valence-electron chi connectivity index (χ2n) is 3.87. The molecular weight excluding hydrogens is 244 g/mol. The molecule has 0 bridgehead atoms. The molecule has 1 unspecified atom stereocenters. The zero-order valence-corrected chi connectivity index (χ0v) is 10.9. The number of thiophene rings is 1. The zero-order valence-electron chi connectivity index (χ0n) is 9.31. The minimum absolute atomic E-state index is 0. The van der Waals surface area contributed by atoms with Crippen molar-refractivity contribution in [2.45, 2.75) is 18.9 Å². The monoisotopic (exact) mass is 260 g/mol. The van der Waals surface area contributed by atoms with Crippen molar-refractivity contribution in [1.29, 1.82) is 0 Å². The Labute approximate surface area is 106 Å². The van der Waals surface area contributed by atoms with E-state index in [2.05, 4.69) is 5.32 Å². The first-order chi connectivity index (χ1) is 7.29. The molecular formula is C11H17ClN2OS. The molecule has 1 N–H and O–H groups in total. The number of halogens is 1. The van der Waals surface area contributed by atoms with Gasteiger partial charge in [-0.05, 0) is 24.9 Å². The average molecular weight is 261 g/mol. The summed E-state index contributed by atoms with van der Waals surface area (Å²) >= 11 is 1.65. The van der Waals surface area contributed by atoms with Crippen LogP contribution in [0.3, 0.4) is 0 Å². The Morgan fingerprint density at radius 3 is 3.06 bits per heavy atom. The number of nitrogens with one attached hydrogen (secondary N) is 1. The van der Waals surface area contributed by atoms with Crippen molar-refractivity contribution >= 4 is 29.7 Å². The van der Waals surface area contributed by atoms with Crippen molar-refractivity contribution < 1.29 is 4.79 Å². The molecule has 3 nitrogen and oxygen atoms in total. The van der Waals surface area contributed by atoms with Crippen molar-refractivity contribution in [2.75, 3.05) is 20.1 Å². The number of hydrogen-bond donors (Lipinski definition) is 1. The molecule has 2 rings (SSSR count). The lowest BCUT2D eigenvalue weighted by Crippen LogP contribution is -2.34. The van der Waals surface area contributed by atoms with Crippen LogP contribution in [0.2, 0.25) is 0 Å². The summed E-state index contributed by atoms with van der Waals surface area (Å²) in [7, 11) is 1.96. The summed E-state index contributed by atoms with van der Waals surface area (Å²) in [6.45, 7) is 1.76.